The molecule has 18 heavy (non-hydrogen) atoms. The number of aliphatic hydroxyl groups excluding tert-OH is 1. The topological polar surface area (TPSA) is 61.4 Å². The molecule has 2 aliphatic heterocycles. The van der Waals surface area contributed by atoms with Crippen LogP contribution in [-0.2, 0) is 11.2 Å². The van der Waals surface area contributed by atoms with Crippen LogP contribution in [0.3, 0.4) is 0 Å². The maximum atomic E-state index is 11.3. The van der Waals surface area contributed by atoms with E-state index in [9.17, 15) is 9.90 Å². The summed E-state index contributed by atoms with van der Waals surface area (Å²) in [4.78, 5) is 11.3. The zero-order valence-electron chi connectivity index (χ0n) is 10.3. The Morgan fingerprint density at radius 2 is 2.06 bits per heavy atom. The predicted molar refractivity (Wildman–Crippen MR) is 69.3 cm³/mol. The van der Waals surface area contributed by atoms with Crippen LogP contribution in [0.4, 0.5) is 5.69 Å². The molecule has 1 fully saturated rings. The summed E-state index contributed by atoms with van der Waals surface area (Å²) in [5, 5.41) is 16.5. The molecule has 2 heterocycles. The molecule has 0 bridgehead atoms. The molecule has 1 unspecified atom stereocenters. The van der Waals surface area contributed by atoms with Gasteiger partial charge in [-0.15, -0.1) is 0 Å². The Balaban J connectivity index is 1.80. The second-order valence-corrected chi connectivity index (χ2v) is 5.17. The van der Waals surface area contributed by atoms with Crippen molar-refractivity contribution in [1.29, 1.82) is 0 Å². The second-order valence-electron chi connectivity index (χ2n) is 5.17. The number of aliphatic hydroxyl groups is 1. The maximum absolute atomic E-state index is 11.3. The molecule has 1 saturated heterocycles. The van der Waals surface area contributed by atoms with Crippen LogP contribution in [0.5, 0.6) is 0 Å². The van der Waals surface area contributed by atoms with Gasteiger partial charge >= 0.3 is 0 Å². The summed E-state index contributed by atoms with van der Waals surface area (Å²) in [5.41, 5.74) is 2.84. The molecule has 3 N–H and O–H groups in total. The van der Waals surface area contributed by atoms with E-state index in [0.29, 0.717) is 12.3 Å². The van der Waals surface area contributed by atoms with Gasteiger partial charge in [-0.2, -0.15) is 0 Å². The lowest BCUT2D eigenvalue weighted by molar-refractivity contribution is -0.115. The Morgan fingerprint density at radius 1 is 1.28 bits per heavy atom. The number of carbonyl (C=O) groups is 1. The highest BCUT2D eigenvalue weighted by molar-refractivity contribution is 5.99. The summed E-state index contributed by atoms with van der Waals surface area (Å²) in [5.74, 6) is 0.368. The Labute approximate surface area is 106 Å². The Morgan fingerprint density at radius 3 is 2.83 bits per heavy atom. The van der Waals surface area contributed by atoms with Crippen LogP contribution in [0.2, 0.25) is 0 Å². The lowest BCUT2D eigenvalue weighted by atomic mass is 9.87. The van der Waals surface area contributed by atoms with E-state index in [0.717, 1.165) is 42.7 Å². The Bertz CT molecular complexity index is 467. The molecule has 1 aromatic rings. The number of hydrogen-bond donors (Lipinski definition) is 3. The SMILES string of the molecule is O=C1Cc2cc(C(O)C3CCNCC3)ccc2N1. The van der Waals surface area contributed by atoms with Crippen molar-refractivity contribution in [1.82, 2.24) is 5.32 Å². The van der Waals surface area contributed by atoms with E-state index in [1.54, 1.807) is 0 Å². The van der Waals surface area contributed by atoms with Crippen molar-refractivity contribution >= 4 is 11.6 Å². The average molecular weight is 246 g/mol. The molecule has 1 amide bonds. The van der Waals surface area contributed by atoms with Crippen LogP contribution in [0.15, 0.2) is 18.2 Å². The second kappa shape index (κ2) is 4.71. The van der Waals surface area contributed by atoms with E-state index < -0.39 is 6.10 Å². The summed E-state index contributed by atoms with van der Waals surface area (Å²) in [6, 6.07) is 5.80. The van der Waals surface area contributed by atoms with Crippen molar-refractivity contribution in [3.8, 4) is 0 Å². The number of hydrogen-bond acceptors (Lipinski definition) is 3. The first-order chi connectivity index (χ1) is 8.74. The summed E-state index contributed by atoms with van der Waals surface area (Å²) < 4.78 is 0. The third kappa shape index (κ3) is 2.13. The van der Waals surface area contributed by atoms with Crippen LogP contribution >= 0.6 is 0 Å². The van der Waals surface area contributed by atoms with Gasteiger partial charge in [-0.3, -0.25) is 4.79 Å². The molecule has 2 aliphatic rings. The van der Waals surface area contributed by atoms with Crippen molar-refractivity contribution in [3.05, 3.63) is 29.3 Å². The fourth-order valence-corrected chi connectivity index (χ4v) is 2.87. The van der Waals surface area contributed by atoms with E-state index in [2.05, 4.69) is 10.6 Å². The van der Waals surface area contributed by atoms with Crippen molar-refractivity contribution < 1.29 is 9.90 Å². The maximum Gasteiger partial charge on any atom is 0.228 e. The number of rotatable bonds is 2. The first-order valence-electron chi connectivity index (χ1n) is 6.55. The van der Waals surface area contributed by atoms with E-state index in [1.165, 1.54) is 0 Å². The van der Waals surface area contributed by atoms with Crippen molar-refractivity contribution in [3.63, 3.8) is 0 Å². The molecule has 0 aromatic heterocycles. The van der Waals surface area contributed by atoms with E-state index in [4.69, 9.17) is 0 Å². The fourth-order valence-electron chi connectivity index (χ4n) is 2.87. The average Bonchev–Trinajstić information content (AvgIpc) is 2.78. The minimum Gasteiger partial charge on any atom is -0.388 e. The molecular formula is C14H18N2O2. The minimum atomic E-state index is -0.409. The zero-order chi connectivity index (χ0) is 12.5. The van der Waals surface area contributed by atoms with E-state index in [1.807, 2.05) is 18.2 Å². The van der Waals surface area contributed by atoms with Gasteiger partial charge in [0.2, 0.25) is 5.91 Å². The first-order valence-corrected chi connectivity index (χ1v) is 6.55. The lowest BCUT2D eigenvalue weighted by Gasteiger charge is -2.27. The molecule has 0 spiro atoms. The molecule has 1 atom stereocenters. The quantitative estimate of drug-likeness (QED) is 0.735. The first kappa shape index (κ1) is 11.7. The standard InChI is InChI=1S/C14H18N2O2/c17-13-8-11-7-10(1-2-12(11)16-13)14(18)9-3-5-15-6-4-9/h1-2,7,9,14-15,18H,3-6,8H2,(H,16,17). The molecule has 4 heteroatoms. The smallest absolute Gasteiger partial charge is 0.228 e. The third-order valence-electron chi connectivity index (χ3n) is 3.93. The van der Waals surface area contributed by atoms with Gasteiger partial charge < -0.3 is 15.7 Å². The van der Waals surface area contributed by atoms with Crippen LogP contribution in [0.25, 0.3) is 0 Å². The molecule has 3 rings (SSSR count). The van der Waals surface area contributed by atoms with Gasteiger partial charge in [0.25, 0.3) is 0 Å². The molecule has 0 radical (unpaired) electrons. The summed E-state index contributed by atoms with van der Waals surface area (Å²) in [6.45, 7) is 1.96. The molecular weight excluding hydrogens is 228 g/mol. The zero-order valence-corrected chi connectivity index (χ0v) is 10.3. The van der Waals surface area contributed by atoms with Crippen molar-refractivity contribution in [2.75, 3.05) is 18.4 Å². The molecule has 4 nitrogen and oxygen atoms in total. The molecule has 0 saturated carbocycles. The number of benzene rings is 1. The van der Waals surface area contributed by atoms with Crippen LogP contribution in [0.1, 0.15) is 30.1 Å². The number of nitrogens with one attached hydrogen (secondary N) is 2. The highest BCUT2D eigenvalue weighted by Crippen LogP contribution is 2.32. The summed E-state index contributed by atoms with van der Waals surface area (Å²) >= 11 is 0. The van der Waals surface area contributed by atoms with Crippen molar-refractivity contribution in [2.24, 2.45) is 5.92 Å². The van der Waals surface area contributed by atoms with Crippen LogP contribution < -0.4 is 10.6 Å². The number of fused-ring (bicyclic) bond motifs is 1. The number of amides is 1. The highest BCUT2D eigenvalue weighted by atomic mass is 16.3. The molecule has 1 aromatic carbocycles. The number of carbonyl (C=O) groups excluding carboxylic acids is 1. The van der Waals surface area contributed by atoms with E-state index >= 15 is 0 Å². The number of piperidine rings is 1. The van der Waals surface area contributed by atoms with Gasteiger partial charge in [0.05, 0.1) is 12.5 Å². The van der Waals surface area contributed by atoms with Gasteiger partial charge in [0, 0.05) is 5.69 Å². The highest BCUT2D eigenvalue weighted by Gasteiger charge is 2.25. The van der Waals surface area contributed by atoms with Gasteiger partial charge in [0.1, 0.15) is 0 Å². The summed E-state index contributed by atoms with van der Waals surface area (Å²) in [7, 11) is 0. The normalized spacial score (nSPS) is 21.5. The molecule has 96 valence electrons. The monoisotopic (exact) mass is 246 g/mol. The third-order valence-corrected chi connectivity index (χ3v) is 3.93. The van der Waals surface area contributed by atoms with Gasteiger partial charge in [-0.05, 0) is 49.0 Å². The van der Waals surface area contributed by atoms with Crippen LogP contribution in [0, 0.1) is 5.92 Å². The largest absolute Gasteiger partial charge is 0.388 e. The fraction of sp³-hybridized carbons (Fsp3) is 0.500. The molecule has 0 aliphatic carbocycles. The Kier molecular flexibility index (Phi) is 3.06. The predicted octanol–water partition coefficient (Wildman–Crippen LogP) is 1.21. The van der Waals surface area contributed by atoms with Gasteiger partial charge in [0.15, 0.2) is 0 Å². The summed E-state index contributed by atoms with van der Waals surface area (Å²) in [6.07, 6.45) is 2.04. The van der Waals surface area contributed by atoms with Crippen molar-refractivity contribution in [2.45, 2.75) is 25.4 Å². The number of anilines is 1. The Hall–Kier alpha value is -1.39. The van der Waals surface area contributed by atoms with Crippen LogP contribution in [-0.4, -0.2) is 24.1 Å². The lowest BCUT2D eigenvalue weighted by Crippen LogP contribution is -2.30. The van der Waals surface area contributed by atoms with Gasteiger partial charge in [-0.25, -0.2) is 0 Å². The minimum absolute atomic E-state index is 0.0403. The van der Waals surface area contributed by atoms with Gasteiger partial charge in [-0.1, -0.05) is 12.1 Å². The van der Waals surface area contributed by atoms with E-state index in [-0.39, 0.29) is 5.91 Å².